The van der Waals surface area contributed by atoms with Gasteiger partial charge >= 0.3 is 16.3 Å². The maximum Gasteiger partial charge on any atom is 0.397 e. The summed E-state index contributed by atoms with van der Waals surface area (Å²) in [6.07, 6.45) is 11.2. The minimum Gasteiger partial charge on any atom is -0.439 e. The van der Waals surface area contributed by atoms with Crippen molar-refractivity contribution in [2.45, 2.75) is 38.6 Å². The van der Waals surface area contributed by atoms with Crippen LogP contribution in [0, 0.1) is 0 Å². The normalized spacial score (nSPS) is 17.3. The van der Waals surface area contributed by atoms with E-state index in [4.69, 9.17) is 34.7 Å². The topological polar surface area (TPSA) is 141 Å². The van der Waals surface area contributed by atoms with Gasteiger partial charge in [0.15, 0.2) is 24.6 Å². The van der Waals surface area contributed by atoms with Crippen LogP contribution in [0.15, 0.2) is 93.2 Å². The van der Waals surface area contributed by atoms with Crippen molar-refractivity contribution in [3.8, 4) is 5.75 Å². The van der Waals surface area contributed by atoms with Crippen molar-refractivity contribution in [3.63, 3.8) is 0 Å². The largest absolute Gasteiger partial charge is 0.439 e. The van der Waals surface area contributed by atoms with Crippen LogP contribution in [0.1, 0.15) is 38.0 Å². The summed E-state index contributed by atoms with van der Waals surface area (Å²) >= 11 is 7.47. The summed E-state index contributed by atoms with van der Waals surface area (Å²) in [6.45, 7) is 1.22. The third-order valence-electron chi connectivity index (χ3n) is 7.06. The first-order valence-corrected chi connectivity index (χ1v) is 16.6. The van der Waals surface area contributed by atoms with Crippen LogP contribution < -0.4 is 14.2 Å². The zero-order valence-corrected chi connectivity index (χ0v) is 26.4. The minimum atomic E-state index is -4.50. The van der Waals surface area contributed by atoms with Crippen molar-refractivity contribution in [2.24, 2.45) is 0 Å². The van der Waals surface area contributed by atoms with Gasteiger partial charge in [0.05, 0.1) is 25.0 Å². The van der Waals surface area contributed by atoms with Gasteiger partial charge in [0.1, 0.15) is 0 Å². The van der Waals surface area contributed by atoms with Crippen molar-refractivity contribution < 1.29 is 49.7 Å². The Labute approximate surface area is 269 Å². The zero-order valence-electron chi connectivity index (χ0n) is 24.0. The Bertz CT molecular complexity index is 1720. The summed E-state index contributed by atoms with van der Waals surface area (Å²) in [5.74, 6) is 1.92. The second kappa shape index (κ2) is 15.9. The Morgan fingerprint density at radius 1 is 1.04 bits per heavy atom. The lowest BCUT2D eigenvalue weighted by atomic mass is 9.94. The number of aryl methyl sites for hydroxylation is 1. The van der Waals surface area contributed by atoms with Crippen molar-refractivity contribution >= 4 is 57.2 Å². The average molecular weight is 680 g/mol. The second-order valence-electron chi connectivity index (χ2n) is 9.99. The molecule has 12 nitrogen and oxygen atoms in total. The van der Waals surface area contributed by atoms with Crippen LogP contribution in [0.25, 0.3) is 17.2 Å². The minimum absolute atomic E-state index is 0.163. The second-order valence-corrected chi connectivity index (χ2v) is 12.0. The quantitative estimate of drug-likeness (QED) is 0.0442. The molecule has 2 heterocycles. The number of oxazole rings is 1. The van der Waals surface area contributed by atoms with Gasteiger partial charge in [-0.2, -0.15) is 13.0 Å². The molecule has 5 rings (SSSR count). The molecule has 3 aromatic rings. The van der Waals surface area contributed by atoms with Crippen LogP contribution in [0.2, 0.25) is 0 Å². The summed E-state index contributed by atoms with van der Waals surface area (Å²) in [7, 11) is -4.50. The molecule has 0 atom stereocenters. The highest BCUT2D eigenvalue weighted by molar-refractivity contribution is 7.89. The summed E-state index contributed by atoms with van der Waals surface area (Å²) in [5, 5.41) is 12.4. The molecule has 2 N–H and O–H groups in total. The lowest BCUT2D eigenvalue weighted by molar-refractivity contribution is -0.678. The van der Waals surface area contributed by atoms with Crippen LogP contribution >= 0.6 is 23.9 Å². The number of allylic oxidation sites excluding steroid dienone is 6. The Morgan fingerprint density at radius 2 is 1.87 bits per heavy atom. The van der Waals surface area contributed by atoms with Crippen molar-refractivity contribution in [1.82, 2.24) is 0 Å². The molecule has 0 saturated heterocycles. The Morgan fingerprint density at radius 3 is 2.71 bits per heavy atom. The molecule has 0 radical (unpaired) electrons. The molecule has 1 aliphatic carbocycles. The monoisotopic (exact) mass is 679 g/mol. The fourth-order valence-corrected chi connectivity index (χ4v) is 5.99. The number of nitrogens with zero attached hydrogens (tertiary/aromatic N) is 2. The van der Waals surface area contributed by atoms with E-state index in [0.717, 1.165) is 47.2 Å². The molecule has 0 saturated carbocycles. The van der Waals surface area contributed by atoms with E-state index in [0.29, 0.717) is 67.4 Å². The maximum absolute atomic E-state index is 10.9. The Hall–Kier alpha value is -3.18. The van der Waals surface area contributed by atoms with Crippen LogP contribution in [-0.2, 0) is 34.7 Å². The first-order chi connectivity index (χ1) is 21.8. The summed E-state index contributed by atoms with van der Waals surface area (Å²) in [4.78, 5) is 1.93. The van der Waals surface area contributed by atoms with Gasteiger partial charge in [-0.05, 0) is 67.2 Å². The molecule has 1 aliphatic heterocycles. The van der Waals surface area contributed by atoms with E-state index in [1.807, 2.05) is 77.7 Å². The summed E-state index contributed by atoms with van der Waals surface area (Å²) in [5.41, 5.74) is 4.50. The van der Waals surface area contributed by atoms with Gasteiger partial charge in [0.2, 0.25) is 11.5 Å². The molecule has 2 aliphatic rings. The third-order valence-corrected chi connectivity index (χ3v) is 8.39. The van der Waals surface area contributed by atoms with Gasteiger partial charge in [-0.1, -0.05) is 47.0 Å². The third kappa shape index (κ3) is 8.97. The van der Waals surface area contributed by atoms with Crippen molar-refractivity contribution in [2.75, 3.05) is 24.7 Å². The SMILES string of the molecule is O=S(=O)(O)OCCCN1C(=CC=C2CCCC(C=Cc3oc4ccccc4[n+]3CCCOSOOO)=C2Cl)Oc2ccccc21. The van der Waals surface area contributed by atoms with Gasteiger partial charge in [0, 0.05) is 24.1 Å². The van der Waals surface area contributed by atoms with Crippen LogP contribution in [0.4, 0.5) is 5.69 Å². The Kier molecular flexibility index (Phi) is 11.7. The number of hydrogen-bond acceptors (Lipinski definition) is 11. The molecule has 0 spiro atoms. The molecule has 0 amide bonds. The Balaban J connectivity index is 1.32. The first-order valence-electron chi connectivity index (χ1n) is 14.2. The van der Waals surface area contributed by atoms with E-state index in [1.54, 1.807) is 0 Å². The number of aromatic nitrogens is 1. The van der Waals surface area contributed by atoms with Gasteiger partial charge in [-0.3, -0.25) is 8.74 Å². The molecular weight excluding hydrogens is 648 g/mol. The molecule has 1 aromatic heterocycles. The molecule has 45 heavy (non-hydrogen) atoms. The standard InChI is InChI=1S/C30H31ClN2O10S2/c31-30-22(14-16-28-32(18-6-20-38-44-43-42-34)24-10-1-3-12-26(24)40-28)8-5-9-23(30)15-17-29-33(19-7-21-39-45(35,36)37)25-11-2-4-13-27(25)41-29/h1-4,10-17H,5-9,18-21H2,(H-,34,35,36,37)/p+1. The number of anilines is 1. The molecule has 240 valence electrons. The van der Waals surface area contributed by atoms with E-state index in [2.05, 4.69) is 18.1 Å². The van der Waals surface area contributed by atoms with Crippen LogP contribution in [0.5, 0.6) is 5.75 Å². The van der Waals surface area contributed by atoms with Crippen LogP contribution in [-0.4, -0.2) is 38.0 Å². The molecule has 0 unspecified atom stereocenters. The van der Waals surface area contributed by atoms with Crippen LogP contribution in [0.3, 0.4) is 0 Å². The molecule has 0 fully saturated rings. The van der Waals surface area contributed by atoms with E-state index in [1.165, 1.54) is 0 Å². The highest BCUT2D eigenvalue weighted by Gasteiger charge is 2.26. The first kappa shape index (κ1) is 33.2. The molecule has 0 bridgehead atoms. The number of benzene rings is 2. The molecular formula is C30H32ClN2O10S2+. The lowest BCUT2D eigenvalue weighted by Crippen LogP contribution is -2.35. The number of para-hydroxylation sites is 4. The number of halogens is 1. The number of fused-ring (bicyclic) bond motifs is 2. The van der Waals surface area contributed by atoms with Crippen molar-refractivity contribution in [3.05, 3.63) is 94.7 Å². The van der Waals surface area contributed by atoms with Crippen molar-refractivity contribution in [1.29, 1.82) is 0 Å². The fourth-order valence-electron chi connectivity index (χ4n) is 5.10. The lowest BCUT2D eigenvalue weighted by Gasteiger charge is -2.19. The highest BCUT2D eigenvalue weighted by atomic mass is 35.5. The molecule has 2 aromatic carbocycles. The maximum atomic E-state index is 10.9. The van der Waals surface area contributed by atoms with Gasteiger partial charge < -0.3 is 14.1 Å². The van der Waals surface area contributed by atoms with E-state index in [-0.39, 0.29) is 6.61 Å². The zero-order chi connectivity index (χ0) is 31.6. The smallest absolute Gasteiger partial charge is 0.397 e. The number of hydrogen-bond donors (Lipinski definition) is 2. The van der Waals surface area contributed by atoms with E-state index < -0.39 is 10.4 Å². The number of rotatable bonds is 15. The van der Waals surface area contributed by atoms with E-state index >= 15 is 0 Å². The predicted molar refractivity (Wildman–Crippen MR) is 168 cm³/mol. The van der Waals surface area contributed by atoms with Gasteiger partial charge in [0.25, 0.3) is 5.52 Å². The molecule has 15 heteroatoms. The fraction of sp³-hybridized carbons (Fsp3) is 0.300. The van der Waals surface area contributed by atoms with E-state index in [9.17, 15) is 8.42 Å². The average Bonchev–Trinajstić information content (AvgIpc) is 3.56. The summed E-state index contributed by atoms with van der Waals surface area (Å²) in [6, 6.07) is 15.3. The summed E-state index contributed by atoms with van der Waals surface area (Å²) < 4.78 is 58.9. The predicted octanol–water partition coefficient (Wildman–Crippen LogP) is 6.68. The number of ether oxygens (including phenoxy) is 1. The highest BCUT2D eigenvalue weighted by Crippen LogP contribution is 2.39. The van der Waals surface area contributed by atoms with Gasteiger partial charge in [-0.25, -0.2) is 9.44 Å². The van der Waals surface area contributed by atoms with Gasteiger partial charge in [-0.15, -0.1) is 4.33 Å².